The van der Waals surface area contributed by atoms with E-state index >= 15 is 0 Å². The van der Waals surface area contributed by atoms with Gasteiger partial charge in [0.25, 0.3) is 0 Å². The molecule has 2 rings (SSSR count). The van der Waals surface area contributed by atoms with Crippen LogP contribution >= 0.6 is 0 Å². The van der Waals surface area contributed by atoms with Crippen LogP contribution in [0.4, 0.5) is 4.79 Å². The zero-order chi connectivity index (χ0) is 13.8. The van der Waals surface area contributed by atoms with E-state index in [0.717, 1.165) is 12.5 Å². The molecule has 1 saturated heterocycles. The lowest BCUT2D eigenvalue weighted by Gasteiger charge is -2.35. The highest BCUT2D eigenvalue weighted by Gasteiger charge is 2.29. The van der Waals surface area contributed by atoms with Gasteiger partial charge < -0.3 is 10.6 Å². The van der Waals surface area contributed by atoms with Crippen LogP contribution in [0, 0.1) is 11.8 Å². The van der Waals surface area contributed by atoms with Gasteiger partial charge in [0.05, 0.1) is 0 Å². The Kier molecular flexibility index (Phi) is 5.08. The Hall–Kier alpha value is -0.770. The summed E-state index contributed by atoms with van der Waals surface area (Å²) in [7, 11) is 0. The van der Waals surface area contributed by atoms with E-state index in [0.29, 0.717) is 18.0 Å². The van der Waals surface area contributed by atoms with Crippen molar-refractivity contribution >= 4 is 6.03 Å². The summed E-state index contributed by atoms with van der Waals surface area (Å²) in [6, 6.07) is 0.761. The molecule has 4 heteroatoms. The molecular formula is C15H29N3O. The quantitative estimate of drug-likeness (QED) is 0.802. The topological polar surface area (TPSA) is 44.4 Å². The number of amides is 2. The zero-order valence-corrected chi connectivity index (χ0v) is 12.6. The van der Waals surface area contributed by atoms with Gasteiger partial charge in [-0.2, -0.15) is 0 Å². The Morgan fingerprint density at radius 2 is 1.84 bits per heavy atom. The second kappa shape index (κ2) is 6.60. The summed E-state index contributed by atoms with van der Waals surface area (Å²) >= 11 is 0. The molecule has 0 radical (unpaired) electrons. The van der Waals surface area contributed by atoms with E-state index in [1.54, 1.807) is 0 Å². The van der Waals surface area contributed by atoms with E-state index in [4.69, 9.17) is 0 Å². The van der Waals surface area contributed by atoms with Gasteiger partial charge in [-0.05, 0) is 64.5 Å². The highest BCUT2D eigenvalue weighted by Crippen LogP contribution is 2.32. The van der Waals surface area contributed by atoms with Crippen molar-refractivity contribution in [3.05, 3.63) is 0 Å². The summed E-state index contributed by atoms with van der Waals surface area (Å²) in [5.74, 6) is 1.57. The van der Waals surface area contributed by atoms with E-state index in [-0.39, 0.29) is 6.03 Å². The van der Waals surface area contributed by atoms with Crippen molar-refractivity contribution in [3.8, 4) is 0 Å². The standard InChI is InChI=1S/C15H29N3O/c1-11-6-8-18(9-7-11)12(2)10-16-15(19)17-13(3)14-4-5-14/h11-14H,4-10H2,1-3H3,(H2,16,17,19). The van der Waals surface area contributed by atoms with Crippen LogP contribution in [0.3, 0.4) is 0 Å². The van der Waals surface area contributed by atoms with Gasteiger partial charge in [-0.3, -0.25) is 4.90 Å². The average molecular weight is 267 g/mol. The number of nitrogens with one attached hydrogen (secondary N) is 2. The van der Waals surface area contributed by atoms with Crippen LogP contribution in [0.25, 0.3) is 0 Å². The number of nitrogens with zero attached hydrogens (tertiary/aromatic N) is 1. The third-order valence-corrected chi connectivity index (χ3v) is 4.69. The summed E-state index contributed by atoms with van der Waals surface area (Å²) in [5.41, 5.74) is 0. The fourth-order valence-electron chi connectivity index (χ4n) is 2.81. The van der Waals surface area contributed by atoms with Gasteiger partial charge in [-0.15, -0.1) is 0 Å². The van der Waals surface area contributed by atoms with Crippen LogP contribution in [0.15, 0.2) is 0 Å². The van der Waals surface area contributed by atoms with Crippen molar-refractivity contribution < 1.29 is 4.79 Å². The van der Waals surface area contributed by atoms with Gasteiger partial charge in [0.1, 0.15) is 0 Å². The molecule has 2 fully saturated rings. The van der Waals surface area contributed by atoms with Gasteiger partial charge in [0.2, 0.25) is 0 Å². The molecule has 2 amide bonds. The second-order valence-corrected chi connectivity index (χ2v) is 6.55. The number of hydrogen-bond acceptors (Lipinski definition) is 2. The number of piperidine rings is 1. The first-order valence-corrected chi connectivity index (χ1v) is 7.84. The highest BCUT2D eigenvalue weighted by molar-refractivity contribution is 5.74. The predicted molar refractivity (Wildman–Crippen MR) is 78.2 cm³/mol. The molecule has 0 spiro atoms. The maximum atomic E-state index is 11.8. The highest BCUT2D eigenvalue weighted by atomic mass is 16.2. The van der Waals surface area contributed by atoms with Crippen LogP contribution < -0.4 is 10.6 Å². The first-order valence-electron chi connectivity index (χ1n) is 7.84. The van der Waals surface area contributed by atoms with Crippen LogP contribution in [0.1, 0.15) is 46.5 Å². The van der Waals surface area contributed by atoms with Crippen molar-refractivity contribution in [2.75, 3.05) is 19.6 Å². The molecular weight excluding hydrogens is 238 g/mol. The van der Waals surface area contributed by atoms with E-state index < -0.39 is 0 Å². The van der Waals surface area contributed by atoms with Crippen LogP contribution in [0.2, 0.25) is 0 Å². The monoisotopic (exact) mass is 267 g/mol. The lowest BCUT2D eigenvalue weighted by atomic mass is 9.98. The third-order valence-electron chi connectivity index (χ3n) is 4.69. The summed E-state index contributed by atoms with van der Waals surface area (Å²) in [5, 5.41) is 6.05. The molecule has 1 saturated carbocycles. The van der Waals surface area contributed by atoms with Gasteiger partial charge in [-0.25, -0.2) is 4.79 Å². The molecule has 2 unspecified atom stereocenters. The fourth-order valence-corrected chi connectivity index (χ4v) is 2.81. The van der Waals surface area contributed by atoms with Gasteiger partial charge in [-0.1, -0.05) is 6.92 Å². The molecule has 1 aliphatic heterocycles. The summed E-state index contributed by atoms with van der Waals surface area (Å²) < 4.78 is 0. The Labute approximate surface area is 117 Å². The maximum absolute atomic E-state index is 11.8. The molecule has 1 heterocycles. The second-order valence-electron chi connectivity index (χ2n) is 6.55. The molecule has 2 atom stereocenters. The minimum Gasteiger partial charge on any atom is -0.337 e. The van der Waals surface area contributed by atoms with Gasteiger partial charge in [0.15, 0.2) is 0 Å². The van der Waals surface area contributed by atoms with Crippen LogP contribution in [-0.2, 0) is 0 Å². The first kappa shape index (κ1) is 14.6. The number of urea groups is 1. The fraction of sp³-hybridized carbons (Fsp3) is 0.933. The molecule has 0 aromatic carbocycles. The minimum absolute atomic E-state index is 0.00312. The average Bonchev–Trinajstić information content (AvgIpc) is 3.21. The molecule has 0 aromatic rings. The number of likely N-dealkylation sites (tertiary alicyclic amines) is 1. The van der Waals surface area contributed by atoms with Gasteiger partial charge >= 0.3 is 6.03 Å². The molecule has 0 bridgehead atoms. The molecule has 1 aliphatic carbocycles. The lowest BCUT2D eigenvalue weighted by Crippen LogP contribution is -2.49. The third kappa shape index (κ3) is 4.68. The first-order chi connectivity index (χ1) is 9.06. The van der Waals surface area contributed by atoms with Gasteiger partial charge in [0, 0.05) is 18.6 Å². The van der Waals surface area contributed by atoms with E-state index in [2.05, 4.69) is 36.3 Å². The number of carbonyl (C=O) groups is 1. The summed E-state index contributed by atoms with van der Waals surface area (Å²) in [6.45, 7) is 9.73. The number of hydrogen-bond donors (Lipinski definition) is 2. The minimum atomic E-state index is -0.00312. The normalized spacial score (nSPS) is 24.8. The predicted octanol–water partition coefficient (Wildman–Crippen LogP) is 2.20. The molecule has 2 N–H and O–H groups in total. The molecule has 4 nitrogen and oxygen atoms in total. The van der Waals surface area contributed by atoms with E-state index in [9.17, 15) is 4.79 Å². The zero-order valence-electron chi connectivity index (χ0n) is 12.6. The van der Waals surface area contributed by atoms with Crippen molar-refractivity contribution in [2.45, 2.75) is 58.5 Å². The molecule has 2 aliphatic rings. The molecule has 110 valence electrons. The smallest absolute Gasteiger partial charge is 0.315 e. The number of rotatable bonds is 5. The van der Waals surface area contributed by atoms with Crippen molar-refractivity contribution in [2.24, 2.45) is 11.8 Å². The Bertz CT molecular complexity index is 296. The summed E-state index contributed by atoms with van der Waals surface area (Å²) in [4.78, 5) is 14.3. The van der Waals surface area contributed by atoms with E-state index in [1.807, 2.05) is 0 Å². The Balaban J connectivity index is 1.62. The summed E-state index contributed by atoms with van der Waals surface area (Å²) in [6.07, 6.45) is 5.11. The number of carbonyl (C=O) groups excluding carboxylic acids is 1. The Morgan fingerprint density at radius 3 is 2.42 bits per heavy atom. The van der Waals surface area contributed by atoms with Crippen molar-refractivity contribution in [1.29, 1.82) is 0 Å². The van der Waals surface area contributed by atoms with Crippen molar-refractivity contribution in [1.82, 2.24) is 15.5 Å². The largest absolute Gasteiger partial charge is 0.337 e. The molecule has 0 aromatic heterocycles. The van der Waals surface area contributed by atoms with Crippen molar-refractivity contribution in [3.63, 3.8) is 0 Å². The SMILES string of the molecule is CC1CCN(C(C)CNC(=O)NC(C)C2CC2)CC1. The maximum Gasteiger partial charge on any atom is 0.315 e. The Morgan fingerprint density at radius 1 is 1.21 bits per heavy atom. The lowest BCUT2D eigenvalue weighted by molar-refractivity contribution is 0.145. The van der Waals surface area contributed by atoms with Crippen LogP contribution in [-0.4, -0.2) is 42.6 Å². The van der Waals surface area contributed by atoms with Crippen LogP contribution in [0.5, 0.6) is 0 Å². The molecule has 19 heavy (non-hydrogen) atoms. The van der Waals surface area contributed by atoms with E-state index in [1.165, 1.54) is 38.8 Å².